The van der Waals surface area contributed by atoms with Gasteiger partial charge in [-0.3, -0.25) is 4.79 Å². The Hall–Kier alpha value is -1.05. The van der Waals surface area contributed by atoms with Gasteiger partial charge in [0.15, 0.2) is 0 Å². The first-order valence-electron chi connectivity index (χ1n) is 6.58. The van der Waals surface area contributed by atoms with Gasteiger partial charge in [0, 0.05) is 12.1 Å². The lowest BCUT2D eigenvalue weighted by molar-refractivity contribution is -0.120. The summed E-state index contributed by atoms with van der Waals surface area (Å²) in [5.41, 5.74) is 0.282. The molecule has 0 aliphatic carbocycles. The van der Waals surface area contributed by atoms with Crippen molar-refractivity contribution in [3.8, 4) is 0 Å². The first-order chi connectivity index (χ1) is 9.59. The molecule has 0 saturated heterocycles. The van der Waals surface area contributed by atoms with Gasteiger partial charge in [0.1, 0.15) is 0 Å². The molecule has 1 rings (SSSR count). The summed E-state index contributed by atoms with van der Waals surface area (Å²) in [7, 11) is -3.32. The van der Waals surface area contributed by atoms with E-state index in [9.17, 15) is 13.2 Å². The molecule has 0 aliphatic rings. The molecule has 1 unspecified atom stereocenters. The van der Waals surface area contributed by atoms with Crippen LogP contribution >= 0.6 is 12.6 Å². The number of carbonyl (C=O) groups is 1. The van der Waals surface area contributed by atoms with Crippen LogP contribution in [-0.4, -0.2) is 37.9 Å². The quantitative estimate of drug-likeness (QED) is 0.652. The summed E-state index contributed by atoms with van der Waals surface area (Å²) in [5.74, 6) is -0.217. The second kappa shape index (κ2) is 7.29. The van der Waals surface area contributed by atoms with Gasteiger partial charge in [-0.1, -0.05) is 30.3 Å². The van der Waals surface area contributed by atoms with Crippen molar-refractivity contribution in [2.75, 3.05) is 12.8 Å². The van der Waals surface area contributed by atoms with Gasteiger partial charge in [0.05, 0.1) is 11.5 Å². The Morgan fingerprint density at radius 2 is 1.86 bits per heavy atom. The van der Waals surface area contributed by atoms with Gasteiger partial charge in [-0.05, 0) is 25.8 Å². The van der Waals surface area contributed by atoms with Crippen LogP contribution < -0.4 is 10.0 Å². The summed E-state index contributed by atoms with van der Waals surface area (Å²) in [6, 6.07) is 9.60. The average Bonchev–Trinajstić information content (AvgIpc) is 2.34. The lowest BCUT2D eigenvalue weighted by atomic mass is 10.1. The number of hydrogen-bond donors (Lipinski definition) is 3. The largest absolute Gasteiger partial charge is 0.353 e. The minimum Gasteiger partial charge on any atom is -0.353 e. The molecule has 21 heavy (non-hydrogen) atoms. The highest BCUT2D eigenvalue weighted by molar-refractivity contribution is 7.88. The highest BCUT2D eigenvalue weighted by atomic mass is 32.2. The number of nitrogens with one attached hydrogen (secondary N) is 2. The van der Waals surface area contributed by atoms with Crippen molar-refractivity contribution in [1.29, 1.82) is 0 Å². The van der Waals surface area contributed by atoms with Crippen molar-refractivity contribution >= 4 is 28.6 Å². The van der Waals surface area contributed by atoms with Crippen LogP contribution in [0.4, 0.5) is 0 Å². The molecule has 0 aromatic heterocycles. The fourth-order valence-corrected chi connectivity index (χ4v) is 3.27. The van der Waals surface area contributed by atoms with Crippen LogP contribution in [0.1, 0.15) is 19.4 Å². The fourth-order valence-electron chi connectivity index (χ4n) is 1.89. The lowest BCUT2D eigenvalue weighted by Crippen LogP contribution is -2.52. The monoisotopic (exact) mass is 330 g/mol. The van der Waals surface area contributed by atoms with Crippen LogP contribution in [0.5, 0.6) is 0 Å². The van der Waals surface area contributed by atoms with E-state index in [1.165, 1.54) is 0 Å². The van der Waals surface area contributed by atoms with Crippen LogP contribution in [0.3, 0.4) is 0 Å². The Balaban J connectivity index is 2.49. The molecule has 0 radical (unpaired) electrons. The minimum atomic E-state index is -3.32. The number of amides is 1. The standard InChI is InChI=1S/C14H22N2O3S2/c1-14(2,16-21(3,18)19)10-15-13(17)12(20)9-11-7-5-4-6-8-11/h4-8,12,16,20H,9-10H2,1-3H3,(H,15,17). The highest BCUT2D eigenvalue weighted by Gasteiger charge is 2.24. The fraction of sp³-hybridized carbons (Fsp3) is 0.500. The second-order valence-electron chi connectivity index (χ2n) is 5.68. The van der Waals surface area contributed by atoms with E-state index >= 15 is 0 Å². The van der Waals surface area contributed by atoms with Crippen molar-refractivity contribution < 1.29 is 13.2 Å². The van der Waals surface area contributed by atoms with Crippen molar-refractivity contribution in [2.24, 2.45) is 0 Å². The molecule has 5 nitrogen and oxygen atoms in total. The molecule has 1 amide bonds. The van der Waals surface area contributed by atoms with Crippen LogP contribution in [-0.2, 0) is 21.2 Å². The van der Waals surface area contributed by atoms with Crippen LogP contribution in [0, 0.1) is 0 Å². The third-order valence-corrected chi connectivity index (χ3v) is 4.08. The van der Waals surface area contributed by atoms with Crippen molar-refractivity contribution in [2.45, 2.75) is 31.1 Å². The third-order valence-electron chi connectivity index (χ3n) is 2.74. The van der Waals surface area contributed by atoms with E-state index in [0.29, 0.717) is 6.42 Å². The SMILES string of the molecule is CC(C)(CNC(=O)C(S)Cc1ccccc1)NS(C)(=O)=O. The number of rotatable bonds is 7. The van der Waals surface area contributed by atoms with Gasteiger partial charge in [-0.2, -0.15) is 12.6 Å². The topological polar surface area (TPSA) is 75.3 Å². The van der Waals surface area contributed by atoms with E-state index in [0.717, 1.165) is 11.8 Å². The molecule has 0 bridgehead atoms. The number of hydrogen-bond acceptors (Lipinski definition) is 4. The summed E-state index contributed by atoms with van der Waals surface area (Å²) >= 11 is 4.30. The van der Waals surface area contributed by atoms with Crippen LogP contribution in [0.2, 0.25) is 0 Å². The normalized spacial score (nSPS) is 13.7. The first kappa shape index (κ1) is 18.0. The highest BCUT2D eigenvalue weighted by Crippen LogP contribution is 2.09. The summed E-state index contributed by atoms with van der Waals surface area (Å²) in [6.45, 7) is 3.61. The number of sulfonamides is 1. The van der Waals surface area contributed by atoms with Gasteiger partial charge in [0.2, 0.25) is 15.9 Å². The molecular weight excluding hydrogens is 308 g/mol. The van der Waals surface area contributed by atoms with E-state index in [1.54, 1.807) is 13.8 Å². The predicted molar refractivity (Wildman–Crippen MR) is 88.0 cm³/mol. The Morgan fingerprint density at radius 3 is 2.38 bits per heavy atom. The molecule has 7 heteroatoms. The maximum atomic E-state index is 12.0. The molecular formula is C14H22N2O3S2. The zero-order valence-corrected chi connectivity index (χ0v) is 14.2. The van der Waals surface area contributed by atoms with Crippen LogP contribution in [0.15, 0.2) is 30.3 Å². The molecule has 1 aromatic rings. The minimum absolute atomic E-state index is 0.199. The maximum Gasteiger partial charge on any atom is 0.233 e. The zero-order valence-electron chi connectivity index (χ0n) is 12.5. The Kier molecular flexibility index (Phi) is 6.24. The average molecular weight is 330 g/mol. The molecule has 2 N–H and O–H groups in total. The third kappa shape index (κ3) is 7.50. The van der Waals surface area contributed by atoms with E-state index in [2.05, 4.69) is 22.7 Å². The summed E-state index contributed by atoms with van der Waals surface area (Å²) < 4.78 is 24.9. The van der Waals surface area contributed by atoms with E-state index in [-0.39, 0.29) is 12.5 Å². The second-order valence-corrected chi connectivity index (χ2v) is 8.05. The maximum absolute atomic E-state index is 12.0. The molecule has 118 valence electrons. The van der Waals surface area contributed by atoms with Crippen LogP contribution in [0.25, 0.3) is 0 Å². The smallest absolute Gasteiger partial charge is 0.233 e. The Labute approximate surface area is 132 Å². The van der Waals surface area contributed by atoms with Gasteiger partial charge in [0.25, 0.3) is 0 Å². The number of benzene rings is 1. The van der Waals surface area contributed by atoms with Crippen molar-refractivity contribution in [3.63, 3.8) is 0 Å². The number of carbonyl (C=O) groups excluding carboxylic acids is 1. The molecule has 1 aromatic carbocycles. The molecule has 0 aliphatic heterocycles. The van der Waals surface area contributed by atoms with E-state index < -0.39 is 20.8 Å². The summed E-state index contributed by atoms with van der Waals surface area (Å²) in [5, 5.41) is 2.25. The van der Waals surface area contributed by atoms with Crippen molar-refractivity contribution in [3.05, 3.63) is 35.9 Å². The molecule has 1 atom stereocenters. The molecule has 0 spiro atoms. The molecule has 0 heterocycles. The summed E-state index contributed by atoms with van der Waals surface area (Å²) in [4.78, 5) is 12.0. The Morgan fingerprint density at radius 1 is 1.29 bits per heavy atom. The lowest BCUT2D eigenvalue weighted by Gasteiger charge is -2.26. The summed E-state index contributed by atoms with van der Waals surface area (Å²) in [6.07, 6.45) is 1.61. The van der Waals surface area contributed by atoms with Gasteiger partial charge >= 0.3 is 0 Å². The molecule has 0 saturated carbocycles. The molecule has 0 fully saturated rings. The first-order valence-corrected chi connectivity index (χ1v) is 8.98. The van der Waals surface area contributed by atoms with Crippen molar-refractivity contribution in [1.82, 2.24) is 10.0 Å². The van der Waals surface area contributed by atoms with Gasteiger partial charge in [-0.15, -0.1) is 0 Å². The predicted octanol–water partition coefficient (Wildman–Crippen LogP) is 0.972. The van der Waals surface area contributed by atoms with Gasteiger partial charge < -0.3 is 5.32 Å². The van der Waals surface area contributed by atoms with E-state index in [4.69, 9.17) is 0 Å². The number of thiol groups is 1. The van der Waals surface area contributed by atoms with Gasteiger partial charge in [-0.25, -0.2) is 13.1 Å². The van der Waals surface area contributed by atoms with E-state index in [1.807, 2.05) is 30.3 Å². The Bertz CT molecular complexity index is 571. The zero-order chi connectivity index (χ0) is 16.1.